The molecule has 2 N–H and O–H groups in total. The average Bonchev–Trinajstić information content (AvgIpc) is 3.30. The standard InChI is InChI=1S/C29H20F6N4O2/c1-39-17-24(37-25(39)27(41)36-16-4-5-18-8-12-20(13-9-18)28(30,31)32)38-26(40)23-7-3-2-6-22(23)19-10-14-21(15-11-19)29(33,34)35/h2-3,6-15,17H,16H2,1H3,(H,36,41)(H,38,40). The first-order valence-corrected chi connectivity index (χ1v) is 11.9. The van der Waals surface area contributed by atoms with Crippen molar-refractivity contribution in [1.82, 2.24) is 14.9 Å². The molecule has 0 spiro atoms. The van der Waals surface area contributed by atoms with Crippen molar-refractivity contribution in [2.24, 2.45) is 7.05 Å². The van der Waals surface area contributed by atoms with Crippen LogP contribution in [0.5, 0.6) is 0 Å². The van der Waals surface area contributed by atoms with E-state index in [-0.39, 0.29) is 23.8 Å². The lowest BCUT2D eigenvalue weighted by Crippen LogP contribution is -2.26. The highest BCUT2D eigenvalue weighted by Gasteiger charge is 2.30. The molecule has 3 aromatic carbocycles. The Kier molecular flexibility index (Phi) is 8.18. The van der Waals surface area contributed by atoms with Crippen molar-refractivity contribution < 1.29 is 35.9 Å². The molecular formula is C29H20F6N4O2. The molecule has 2 amide bonds. The summed E-state index contributed by atoms with van der Waals surface area (Å²) in [6, 6.07) is 15.0. The van der Waals surface area contributed by atoms with Crippen LogP contribution in [0, 0.1) is 11.8 Å². The maximum absolute atomic E-state index is 13.0. The van der Waals surface area contributed by atoms with E-state index in [9.17, 15) is 35.9 Å². The zero-order valence-corrected chi connectivity index (χ0v) is 21.2. The van der Waals surface area contributed by atoms with E-state index in [0.29, 0.717) is 16.7 Å². The SMILES string of the molecule is Cn1cc(NC(=O)c2ccccc2-c2ccc(C(F)(F)F)cc2)nc1C(=O)NCC#Cc1ccc(C(F)(F)F)cc1. The lowest BCUT2D eigenvalue weighted by atomic mass is 9.98. The third-order valence-electron chi connectivity index (χ3n) is 5.80. The number of amides is 2. The third-order valence-corrected chi connectivity index (χ3v) is 5.80. The highest BCUT2D eigenvalue weighted by molar-refractivity contribution is 6.08. The summed E-state index contributed by atoms with van der Waals surface area (Å²) in [6.45, 7) is -0.116. The zero-order chi connectivity index (χ0) is 29.8. The van der Waals surface area contributed by atoms with E-state index < -0.39 is 35.3 Å². The Labute approximate surface area is 230 Å². The van der Waals surface area contributed by atoms with Gasteiger partial charge in [-0.05, 0) is 53.6 Å². The number of rotatable bonds is 5. The Morgan fingerprint density at radius 3 is 2.02 bits per heavy atom. The molecular weight excluding hydrogens is 550 g/mol. The number of aromatic nitrogens is 2. The van der Waals surface area contributed by atoms with E-state index in [1.807, 2.05) is 0 Å². The zero-order valence-electron chi connectivity index (χ0n) is 21.2. The second kappa shape index (κ2) is 11.6. The van der Waals surface area contributed by atoms with Crippen molar-refractivity contribution in [2.75, 3.05) is 11.9 Å². The quantitative estimate of drug-likeness (QED) is 0.223. The summed E-state index contributed by atoms with van der Waals surface area (Å²) in [4.78, 5) is 29.7. The molecule has 4 aromatic rings. The van der Waals surface area contributed by atoms with Gasteiger partial charge in [-0.15, -0.1) is 0 Å². The number of halogens is 6. The lowest BCUT2D eigenvalue weighted by molar-refractivity contribution is -0.138. The van der Waals surface area contributed by atoms with E-state index in [0.717, 1.165) is 24.3 Å². The molecule has 0 unspecified atom stereocenters. The fraction of sp³-hybridized carbons (Fsp3) is 0.138. The van der Waals surface area contributed by atoms with Gasteiger partial charge in [0, 0.05) is 24.4 Å². The number of carbonyl (C=O) groups excluding carboxylic acids is 2. The maximum atomic E-state index is 13.0. The van der Waals surface area contributed by atoms with Crippen molar-refractivity contribution >= 4 is 17.6 Å². The molecule has 1 heterocycles. The second-order valence-corrected chi connectivity index (χ2v) is 8.70. The molecule has 0 aliphatic carbocycles. The summed E-state index contributed by atoms with van der Waals surface area (Å²) in [5, 5.41) is 5.11. The number of carbonyl (C=O) groups is 2. The first-order valence-electron chi connectivity index (χ1n) is 11.9. The lowest BCUT2D eigenvalue weighted by Gasteiger charge is -2.11. The number of alkyl halides is 6. The number of hydrogen-bond donors (Lipinski definition) is 2. The minimum Gasteiger partial charge on any atom is -0.338 e. The summed E-state index contributed by atoms with van der Waals surface area (Å²) in [5.74, 6) is 4.10. The van der Waals surface area contributed by atoms with E-state index in [1.54, 1.807) is 18.2 Å². The van der Waals surface area contributed by atoms with Gasteiger partial charge >= 0.3 is 12.4 Å². The van der Waals surface area contributed by atoms with E-state index in [2.05, 4.69) is 27.5 Å². The van der Waals surface area contributed by atoms with Crippen molar-refractivity contribution in [2.45, 2.75) is 12.4 Å². The van der Waals surface area contributed by atoms with Crippen molar-refractivity contribution in [3.05, 3.63) is 107 Å². The molecule has 0 atom stereocenters. The van der Waals surface area contributed by atoms with Gasteiger partial charge < -0.3 is 15.2 Å². The molecule has 0 saturated carbocycles. The topological polar surface area (TPSA) is 76.0 Å². The Balaban J connectivity index is 1.41. The van der Waals surface area contributed by atoms with Crippen LogP contribution in [0.3, 0.4) is 0 Å². The third kappa shape index (κ3) is 7.13. The summed E-state index contributed by atoms with van der Waals surface area (Å²) in [7, 11) is 1.53. The van der Waals surface area contributed by atoms with Crippen LogP contribution in [-0.2, 0) is 19.4 Å². The first kappa shape index (κ1) is 28.9. The highest BCUT2D eigenvalue weighted by Crippen LogP contribution is 2.32. The van der Waals surface area contributed by atoms with Crippen molar-refractivity contribution in [3.63, 3.8) is 0 Å². The normalized spacial score (nSPS) is 11.4. The predicted octanol–water partition coefficient (Wildman–Crippen LogP) is 6.16. The van der Waals surface area contributed by atoms with Crippen molar-refractivity contribution in [1.29, 1.82) is 0 Å². The fourth-order valence-corrected chi connectivity index (χ4v) is 3.79. The molecule has 0 radical (unpaired) electrons. The second-order valence-electron chi connectivity index (χ2n) is 8.70. The minimum absolute atomic E-state index is 0.0485. The summed E-state index contributed by atoms with van der Waals surface area (Å²) in [5.41, 5.74) is -0.278. The van der Waals surface area contributed by atoms with Gasteiger partial charge in [0.1, 0.15) is 0 Å². The van der Waals surface area contributed by atoms with Crippen LogP contribution in [0.2, 0.25) is 0 Å². The van der Waals surface area contributed by atoms with Crippen LogP contribution in [-0.4, -0.2) is 27.9 Å². The van der Waals surface area contributed by atoms with Crippen LogP contribution in [0.1, 0.15) is 37.7 Å². The van der Waals surface area contributed by atoms with Crippen LogP contribution in [0.15, 0.2) is 79.0 Å². The number of hydrogen-bond acceptors (Lipinski definition) is 3. The maximum Gasteiger partial charge on any atom is 0.416 e. The van der Waals surface area contributed by atoms with Gasteiger partial charge in [-0.25, -0.2) is 4.98 Å². The van der Waals surface area contributed by atoms with Gasteiger partial charge in [0.05, 0.1) is 17.7 Å². The van der Waals surface area contributed by atoms with Crippen LogP contribution in [0.4, 0.5) is 32.2 Å². The molecule has 0 aliphatic rings. The van der Waals surface area contributed by atoms with Gasteiger partial charge in [0.2, 0.25) is 5.82 Å². The monoisotopic (exact) mass is 570 g/mol. The molecule has 0 fully saturated rings. The fourth-order valence-electron chi connectivity index (χ4n) is 3.79. The highest BCUT2D eigenvalue weighted by atomic mass is 19.4. The van der Waals surface area contributed by atoms with Crippen LogP contribution >= 0.6 is 0 Å². The Hall–Kier alpha value is -5.05. The molecule has 41 heavy (non-hydrogen) atoms. The number of imidazole rings is 1. The largest absolute Gasteiger partial charge is 0.416 e. The number of aryl methyl sites for hydroxylation is 1. The van der Waals surface area contributed by atoms with E-state index in [4.69, 9.17) is 0 Å². The smallest absolute Gasteiger partial charge is 0.338 e. The Morgan fingerprint density at radius 1 is 0.829 bits per heavy atom. The van der Waals surface area contributed by atoms with Gasteiger partial charge in [-0.1, -0.05) is 42.2 Å². The van der Waals surface area contributed by atoms with Gasteiger partial charge in [0.15, 0.2) is 5.82 Å². The van der Waals surface area contributed by atoms with Gasteiger partial charge in [-0.2, -0.15) is 26.3 Å². The number of anilines is 1. The number of nitrogens with zero attached hydrogens (tertiary/aromatic N) is 2. The summed E-state index contributed by atoms with van der Waals surface area (Å²) < 4.78 is 78.1. The molecule has 210 valence electrons. The molecule has 0 saturated heterocycles. The predicted molar refractivity (Wildman–Crippen MR) is 139 cm³/mol. The number of benzene rings is 3. The van der Waals surface area contributed by atoms with Gasteiger partial charge in [0.25, 0.3) is 11.8 Å². The molecule has 6 nitrogen and oxygen atoms in total. The van der Waals surface area contributed by atoms with E-state index >= 15 is 0 Å². The molecule has 0 aliphatic heterocycles. The number of nitrogens with one attached hydrogen (secondary N) is 2. The van der Waals surface area contributed by atoms with Gasteiger partial charge in [-0.3, -0.25) is 9.59 Å². The first-order chi connectivity index (χ1) is 19.3. The summed E-state index contributed by atoms with van der Waals surface area (Å²) in [6.07, 6.45) is -7.53. The summed E-state index contributed by atoms with van der Waals surface area (Å²) >= 11 is 0. The molecule has 1 aromatic heterocycles. The Morgan fingerprint density at radius 2 is 1.41 bits per heavy atom. The van der Waals surface area contributed by atoms with Crippen LogP contribution < -0.4 is 10.6 Å². The average molecular weight is 570 g/mol. The Bertz CT molecular complexity index is 1630. The molecule has 12 heteroatoms. The van der Waals surface area contributed by atoms with Crippen LogP contribution in [0.25, 0.3) is 11.1 Å². The van der Waals surface area contributed by atoms with E-state index in [1.165, 1.54) is 48.1 Å². The molecule has 0 bridgehead atoms. The minimum atomic E-state index is -4.49. The molecule has 4 rings (SSSR count). The van der Waals surface area contributed by atoms with Crippen molar-refractivity contribution in [3.8, 4) is 23.0 Å².